The highest BCUT2D eigenvalue weighted by Crippen LogP contribution is 2.24. The number of nitrogens with two attached hydrogens (primary N) is 1. The van der Waals surface area contributed by atoms with Crippen LogP contribution in [0.2, 0.25) is 0 Å². The maximum absolute atomic E-state index is 12.7. The van der Waals surface area contributed by atoms with Crippen LogP contribution in [-0.2, 0) is 11.3 Å². The molecule has 7 heteroatoms. The second-order valence-corrected chi connectivity index (χ2v) is 6.94. The van der Waals surface area contributed by atoms with Gasteiger partial charge in [0.25, 0.3) is 0 Å². The van der Waals surface area contributed by atoms with E-state index < -0.39 is 5.97 Å². The van der Waals surface area contributed by atoms with E-state index in [1.807, 2.05) is 73.0 Å². The van der Waals surface area contributed by atoms with E-state index in [2.05, 4.69) is 9.97 Å². The number of carbonyl (C=O) groups is 1. The van der Waals surface area contributed by atoms with E-state index in [1.165, 1.54) is 0 Å². The lowest BCUT2D eigenvalue weighted by Gasteiger charge is -2.11. The monoisotopic (exact) mass is 402 g/mol. The molecule has 0 spiro atoms. The largest absolute Gasteiger partial charge is 0.497 e. The van der Waals surface area contributed by atoms with Crippen LogP contribution >= 0.6 is 0 Å². The predicted octanol–water partition coefficient (Wildman–Crippen LogP) is 3.99. The number of aryl methyl sites for hydroxylation is 1. The van der Waals surface area contributed by atoms with Crippen LogP contribution in [0.5, 0.6) is 5.75 Å². The molecular weight excluding hydrogens is 380 g/mol. The lowest BCUT2D eigenvalue weighted by Crippen LogP contribution is -2.10. The zero-order valence-electron chi connectivity index (χ0n) is 17.0. The molecule has 0 aliphatic heterocycles. The standard InChI is InChI=1S/C23H22N4O3/c1-14-12-19(15(2)27(14)16-8-10-17(29-3)11-9-16)23(28)30-13-21-25-20-7-5-4-6-18(20)22(24)26-21/h4-12H,13H2,1-3H3,(H2,24,25,26). The molecule has 152 valence electrons. The molecule has 4 rings (SSSR count). The van der Waals surface area contributed by atoms with E-state index in [0.29, 0.717) is 22.7 Å². The number of benzene rings is 2. The highest BCUT2D eigenvalue weighted by Gasteiger charge is 2.19. The molecule has 0 saturated carbocycles. The minimum absolute atomic E-state index is 0.0555. The third-order valence-corrected chi connectivity index (χ3v) is 4.99. The van der Waals surface area contributed by atoms with Gasteiger partial charge in [0.05, 0.1) is 18.2 Å². The molecule has 0 atom stereocenters. The Morgan fingerprint density at radius 3 is 2.53 bits per heavy atom. The van der Waals surface area contributed by atoms with Crippen LogP contribution in [-0.4, -0.2) is 27.6 Å². The first kappa shape index (κ1) is 19.4. The van der Waals surface area contributed by atoms with E-state index in [4.69, 9.17) is 15.2 Å². The fourth-order valence-corrected chi connectivity index (χ4v) is 3.52. The van der Waals surface area contributed by atoms with Crippen molar-refractivity contribution in [3.05, 3.63) is 77.4 Å². The normalized spacial score (nSPS) is 10.9. The summed E-state index contributed by atoms with van der Waals surface area (Å²) in [6, 6.07) is 16.9. The second-order valence-electron chi connectivity index (χ2n) is 6.94. The molecule has 2 aromatic carbocycles. The number of hydrogen-bond acceptors (Lipinski definition) is 6. The molecule has 0 bridgehead atoms. The summed E-state index contributed by atoms with van der Waals surface area (Å²) >= 11 is 0. The molecule has 0 aliphatic carbocycles. The van der Waals surface area contributed by atoms with Crippen LogP contribution in [0.1, 0.15) is 27.6 Å². The Kier molecular flexibility index (Phi) is 5.10. The first-order valence-corrected chi connectivity index (χ1v) is 9.49. The van der Waals surface area contributed by atoms with Crippen molar-refractivity contribution in [2.75, 3.05) is 12.8 Å². The van der Waals surface area contributed by atoms with Gasteiger partial charge in [0.1, 0.15) is 11.6 Å². The zero-order chi connectivity index (χ0) is 21.3. The molecule has 0 radical (unpaired) electrons. The molecule has 0 fully saturated rings. The Morgan fingerprint density at radius 2 is 1.80 bits per heavy atom. The molecule has 0 unspecified atom stereocenters. The molecule has 7 nitrogen and oxygen atoms in total. The van der Waals surface area contributed by atoms with Crippen molar-refractivity contribution in [2.24, 2.45) is 0 Å². The van der Waals surface area contributed by atoms with Gasteiger partial charge in [-0.3, -0.25) is 0 Å². The number of fused-ring (bicyclic) bond motifs is 1. The summed E-state index contributed by atoms with van der Waals surface area (Å²) in [5.41, 5.74) is 9.88. The summed E-state index contributed by atoms with van der Waals surface area (Å²) in [6.07, 6.45) is 0. The number of methoxy groups -OCH3 is 1. The number of nitrogen functional groups attached to an aromatic ring is 1. The minimum atomic E-state index is -0.432. The van der Waals surface area contributed by atoms with Gasteiger partial charge in [-0.15, -0.1) is 0 Å². The number of anilines is 1. The van der Waals surface area contributed by atoms with Crippen molar-refractivity contribution < 1.29 is 14.3 Å². The van der Waals surface area contributed by atoms with Gasteiger partial charge in [-0.2, -0.15) is 0 Å². The highest BCUT2D eigenvalue weighted by atomic mass is 16.5. The first-order valence-electron chi connectivity index (χ1n) is 9.49. The van der Waals surface area contributed by atoms with Gasteiger partial charge in [-0.05, 0) is 56.3 Å². The molecular formula is C23H22N4O3. The highest BCUT2D eigenvalue weighted by molar-refractivity contribution is 5.91. The van der Waals surface area contributed by atoms with Crippen molar-refractivity contribution in [1.82, 2.24) is 14.5 Å². The summed E-state index contributed by atoms with van der Waals surface area (Å²) in [5.74, 6) is 1.07. The molecule has 4 aromatic rings. The van der Waals surface area contributed by atoms with Crippen molar-refractivity contribution >= 4 is 22.7 Å². The quantitative estimate of drug-likeness (QED) is 0.508. The Balaban J connectivity index is 1.55. The SMILES string of the molecule is COc1ccc(-n2c(C)cc(C(=O)OCc3nc(N)c4ccccc4n3)c2C)cc1. The summed E-state index contributed by atoms with van der Waals surface area (Å²) in [7, 11) is 1.63. The van der Waals surface area contributed by atoms with Crippen molar-refractivity contribution in [3.8, 4) is 11.4 Å². The summed E-state index contributed by atoms with van der Waals surface area (Å²) < 4.78 is 12.7. The smallest absolute Gasteiger partial charge is 0.340 e. The minimum Gasteiger partial charge on any atom is -0.497 e. The summed E-state index contributed by atoms with van der Waals surface area (Å²) in [6.45, 7) is 3.78. The number of aromatic nitrogens is 3. The van der Waals surface area contributed by atoms with Gasteiger partial charge in [-0.25, -0.2) is 14.8 Å². The lowest BCUT2D eigenvalue weighted by molar-refractivity contribution is 0.0462. The Labute approximate surface area is 174 Å². The van der Waals surface area contributed by atoms with E-state index >= 15 is 0 Å². The average Bonchev–Trinajstić information content (AvgIpc) is 3.06. The van der Waals surface area contributed by atoms with Crippen molar-refractivity contribution in [2.45, 2.75) is 20.5 Å². The van der Waals surface area contributed by atoms with E-state index in [-0.39, 0.29) is 6.61 Å². The molecule has 30 heavy (non-hydrogen) atoms. The molecule has 2 aromatic heterocycles. The lowest BCUT2D eigenvalue weighted by atomic mass is 10.2. The maximum Gasteiger partial charge on any atom is 0.340 e. The number of ether oxygens (including phenoxy) is 2. The number of rotatable bonds is 5. The van der Waals surface area contributed by atoms with Gasteiger partial charge in [-0.1, -0.05) is 12.1 Å². The first-order chi connectivity index (χ1) is 14.5. The van der Waals surface area contributed by atoms with E-state index in [0.717, 1.165) is 28.2 Å². The van der Waals surface area contributed by atoms with Crippen LogP contribution < -0.4 is 10.5 Å². The Morgan fingerprint density at radius 1 is 1.07 bits per heavy atom. The summed E-state index contributed by atoms with van der Waals surface area (Å²) in [5, 5.41) is 0.774. The Bertz CT molecular complexity index is 1230. The third kappa shape index (κ3) is 3.57. The van der Waals surface area contributed by atoms with E-state index in [9.17, 15) is 4.79 Å². The predicted molar refractivity (Wildman–Crippen MR) is 115 cm³/mol. The topological polar surface area (TPSA) is 92.3 Å². The number of carbonyl (C=O) groups excluding carboxylic acids is 1. The summed E-state index contributed by atoms with van der Waals surface area (Å²) in [4.78, 5) is 21.4. The number of esters is 1. The molecule has 2 heterocycles. The van der Waals surface area contributed by atoms with Gasteiger partial charge >= 0.3 is 5.97 Å². The van der Waals surface area contributed by atoms with Gasteiger partial charge in [0.2, 0.25) is 0 Å². The van der Waals surface area contributed by atoms with Crippen LogP contribution in [0, 0.1) is 13.8 Å². The number of hydrogen-bond donors (Lipinski definition) is 1. The van der Waals surface area contributed by atoms with Gasteiger partial charge < -0.3 is 19.8 Å². The number of para-hydroxylation sites is 1. The number of nitrogens with zero attached hydrogens (tertiary/aromatic N) is 3. The van der Waals surface area contributed by atoms with Crippen molar-refractivity contribution in [1.29, 1.82) is 0 Å². The fourth-order valence-electron chi connectivity index (χ4n) is 3.52. The van der Waals surface area contributed by atoms with Gasteiger partial charge in [0.15, 0.2) is 12.4 Å². The van der Waals surface area contributed by atoms with Gasteiger partial charge in [0, 0.05) is 22.5 Å². The van der Waals surface area contributed by atoms with Crippen LogP contribution in [0.3, 0.4) is 0 Å². The molecule has 0 aliphatic rings. The zero-order valence-corrected chi connectivity index (χ0v) is 17.0. The van der Waals surface area contributed by atoms with Crippen LogP contribution in [0.4, 0.5) is 5.82 Å². The maximum atomic E-state index is 12.7. The second kappa shape index (κ2) is 7.87. The van der Waals surface area contributed by atoms with Crippen LogP contribution in [0.15, 0.2) is 54.6 Å². The molecule has 0 amide bonds. The molecule has 0 saturated heterocycles. The van der Waals surface area contributed by atoms with Crippen molar-refractivity contribution in [3.63, 3.8) is 0 Å². The van der Waals surface area contributed by atoms with E-state index in [1.54, 1.807) is 7.11 Å². The fraction of sp³-hybridized carbons (Fsp3) is 0.174. The third-order valence-electron chi connectivity index (χ3n) is 4.99. The average molecular weight is 402 g/mol. The Hall–Kier alpha value is -3.87. The van der Waals surface area contributed by atoms with Crippen LogP contribution in [0.25, 0.3) is 16.6 Å². The molecule has 2 N–H and O–H groups in total.